The van der Waals surface area contributed by atoms with Crippen molar-refractivity contribution in [3.8, 4) is 0 Å². The third-order valence-electron chi connectivity index (χ3n) is 3.92. The maximum Gasteiger partial charge on any atom is 0.00379 e. The van der Waals surface area contributed by atoms with Crippen LogP contribution in [0.5, 0.6) is 0 Å². The molecular weight excluding hydrogens is 170 g/mol. The summed E-state index contributed by atoms with van der Waals surface area (Å²) in [4.78, 5) is 2.68. The molecule has 0 unspecified atom stereocenters. The van der Waals surface area contributed by atoms with Crippen molar-refractivity contribution in [2.45, 2.75) is 59.3 Å². The minimum Gasteiger partial charge on any atom is -0.303 e. The summed E-state index contributed by atoms with van der Waals surface area (Å²) in [5.41, 5.74) is 0.754. The van der Waals surface area contributed by atoms with E-state index in [1.807, 2.05) is 13.8 Å². The van der Waals surface area contributed by atoms with E-state index < -0.39 is 0 Å². The van der Waals surface area contributed by atoms with E-state index in [1.54, 1.807) is 0 Å². The number of nitrogens with zero attached hydrogens (tertiary/aromatic N) is 1. The van der Waals surface area contributed by atoms with Crippen molar-refractivity contribution >= 4 is 0 Å². The van der Waals surface area contributed by atoms with E-state index in [1.165, 1.54) is 58.2 Å². The normalized spacial score (nSPS) is 25.1. The molecule has 0 aromatic heterocycles. The molecule has 0 spiro atoms. The molecular formula is C13H27N. The van der Waals surface area contributed by atoms with Crippen LogP contribution in [0.1, 0.15) is 59.3 Å². The van der Waals surface area contributed by atoms with Crippen molar-refractivity contribution in [3.05, 3.63) is 0 Å². The molecule has 0 bridgehead atoms. The van der Waals surface area contributed by atoms with Gasteiger partial charge in [0.15, 0.2) is 0 Å². The molecule has 0 radical (unpaired) electrons. The Balaban J connectivity index is 0.000000461. The fourth-order valence-electron chi connectivity index (χ4n) is 2.72. The first-order valence-corrected chi connectivity index (χ1v) is 6.57. The maximum atomic E-state index is 2.68. The molecule has 1 saturated heterocycles. The van der Waals surface area contributed by atoms with Crippen LogP contribution < -0.4 is 0 Å². The first-order valence-electron chi connectivity index (χ1n) is 6.57. The molecule has 0 atom stereocenters. The second kappa shape index (κ2) is 5.75. The van der Waals surface area contributed by atoms with Gasteiger partial charge in [-0.05, 0) is 50.6 Å². The van der Waals surface area contributed by atoms with Gasteiger partial charge in [-0.25, -0.2) is 0 Å². The number of likely N-dealkylation sites (tertiary alicyclic amines) is 1. The van der Waals surface area contributed by atoms with Crippen LogP contribution in [0.3, 0.4) is 0 Å². The summed E-state index contributed by atoms with van der Waals surface area (Å²) in [5.74, 6) is 0. The van der Waals surface area contributed by atoms with Gasteiger partial charge in [-0.15, -0.1) is 0 Å². The van der Waals surface area contributed by atoms with Crippen molar-refractivity contribution in [2.75, 3.05) is 19.6 Å². The van der Waals surface area contributed by atoms with E-state index in [2.05, 4.69) is 11.8 Å². The highest BCUT2D eigenvalue weighted by molar-refractivity contribution is 4.90. The van der Waals surface area contributed by atoms with E-state index in [9.17, 15) is 0 Å². The minimum atomic E-state index is 0.754. The SMILES string of the molecule is CC.CCC1(CN2CCCC2)CCC1. The van der Waals surface area contributed by atoms with Crippen LogP contribution in [0, 0.1) is 5.41 Å². The van der Waals surface area contributed by atoms with Crippen LogP contribution >= 0.6 is 0 Å². The Labute approximate surface area is 89.9 Å². The summed E-state index contributed by atoms with van der Waals surface area (Å²) < 4.78 is 0. The lowest BCUT2D eigenvalue weighted by Gasteiger charge is -2.44. The molecule has 0 aromatic rings. The summed E-state index contributed by atoms with van der Waals surface area (Å²) >= 11 is 0. The van der Waals surface area contributed by atoms with Crippen LogP contribution in [0.15, 0.2) is 0 Å². The minimum absolute atomic E-state index is 0.754. The highest BCUT2D eigenvalue weighted by Crippen LogP contribution is 2.44. The monoisotopic (exact) mass is 197 g/mol. The third kappa shape index (κ3) is 2.73. The van der Waals surface area contributed by atoms with E-state index in [-0.39, 0.29) is 0 Å². The first-order chi connectivity index (χ1) is 6.85. The zero-order valence-corrected chi connectivity index (χ0v) is 10.3. The Morgan fingerprint density at radius 2 is 1.57 bits per heavy atom. The van der Waals surface area contributed by atoms with Crippen LogP contribution in [-0.2, 0) is 0 Å². The predicted molar refractivity (Wildman–Crippen MR) is 63.6 cm³/mol. The van der Waals surface area contributed by atoms with Gasteiger partial charge in [-0.3, -0.25) is 0 Å². The maximum absolute atomic E-state index is 2.68. The fraction of sp³-hybridized carbons (Fsp3) is 1.00. The lowest BCUT2D eigenvalue weighted by atomic mass is 9.67. The van der Waals surface area contributed by atoms with Gasteiger partial charge < -0.3 is 4.90 Å². The number of hydrogen-bond donors (Lipinski definition) is 0. The van der Waals surface area contributed by atoms with Crippen molar-refractivity contribution in [3.63, 3.8) is 0 Å². The van der Waals surface area contributed by atoms with Gasteiger partial charge in [-0.2, -0.15) is 0 Å². The first kappa shape index (κ1) is 12.0. The molecule has 14 heavy (non-hydrogen) atoms. The lowest BCUT2D eigenvalue weighted by molar-refractivity contribution is 0.0733. The second-order valence-electron chi connectivity index (χ2n) is 4.69. The van der Waals surface area contributed by atoms with Gasteiger partial charge >= 0.3 is 0 Å². The molecule has 1 heteroatoms. The summed E-state index contributed by atoms with van der Waals surface area (Å²) in [6.45, 7) is 10.5. The molecule has 1 nitrogen and oxygen atoms in total. The Hall–Kier alpha value is -0.0400. The average molecular weight is 197 g/mol. The Kier molecular flexibility index (Phi) is 4.94. The Morgan fingerprint density at radius 1 is 1.00 bits per heavy atom. The van der Waals surface area contributed by atoms with Gasteiger partial charge in [0, 0.05) is 6.54 Å². The van der Waals surface area contributed by atoms with Crippen LogP contribution in [0.25, 0.3) is 0 Å². The zero-order valence-electron chi connectivity index (χ0n) is 10.3. The van der Waals surface area contributed by atoms with Crippen molar-refractivity contribution in [1.82, 2.24) is 4.90 Å². The average Bonchev–Trinajstić information content (AvgIpc) is 2.67. The molecule has 1 aliphatic carbocycles. The quantitative estimate of drug-likeness (QED) is 0.667. The highest BCUT2D eigenvalue weighted by atomic mass is 15.1. The molecule has 0 amide bonds. The molecule has 0 N–H and O–H groups in total. The van der Waals surface area contributed by atoms with Gasteiger partial charge in [0.25, 0.3) is 0 Å². The van der Waals surface area contributed by atoms with E-state index in [0.29, 0.717) is 0 Å². The number of hydrogen-bond acceptors (Lipinski definition) is 1. The molecule has 2 aliphatic rings. The predicted octanol–water partition coefficient (Wildman–Crippen LogP) is 3.69. The lowest BCUT2D eigenvalue weighted by Crippen LogP contribution is -2.40. The smallest absolute Gasteiger partial charge is 0.00379 e. The molecule has 0 aromatic carbocycles. The second-order valence-corrected chi connectivity index (χ2v) is 4.69. The van der Waals surface area contributed by atoms with Gasteiger partial charge in [0.05, 0.1) is 0 Å². The molecule has 1 saturated carbocycles. The molecule has 84 valence electrons. The van der Waals surface area contributed by atoms with Crippen LogP contribution in [0.4, 0.5) is 0 Å². The van der Waals surface area contributed by atoms with Crippen molar-refractivity contribution in [1.29, 1.82) is 0 Å². The summed E-state index contributed by atoms with van der Waals surface area (Å²) in [6, 6.07) is 0. The molecule has 1 heterocycles. The summed E-state index contributed by atoms with van der Waals surface area (Å²) in [7, 11) is 0. The zero-order chi connectivity index (χ0) is 10.4. The van der Waals surface area contributed by atoms with E-state index >= 15 is 0 Å². The van der Waals surface area contributed by atoms with Crippen LogP contribution in [-0.4, -0.2) is 24.5 Å². The Morgan fingerprint density at radius 3 is 1.93 bits per heavy atom. The summed E-state index contributed by atoms with van der Waals surface area (Å²) in [6.07, 6.45) is 8.78. The fourth-order valence-corrected chi connectivity index (χ4v) is 2.72. The van der Waals surface area contributed by atoms with E-state index in [0.717, 1.165) is 5.41 Å². The van der Waals surface area contributed by atoms with Gasteiger partial charge in [-0.1, -0.05) is 27.2 Å². The van der Waals surface area contributed by atoms with Gasteiger partial charge in [0.2, 0.25) is 0 Å². The molecule has 1 aliphatic heterocycles. The van der Waals surface area contributed by atoms with Crippen molar-refractivity contribution in [2.24, 2.45) is 5.41 Å². The van der Waals surface area contributed by atoms with Crippen LogP contribution in [0.2, 0.25) is 0 Å². The van der Waals surface area contributed by atoms with E-state index in [4.69, 9.17) is 0 Å². The molecule has 2 rings (SSSR count). The summed E-state index contributed by atoms with van der Waals surface area (Å²) in [5, 5.41) is 0. The van der Waals surface area contributed by atoms with Crippen molar-refractivity contribution < 1.29 is 0 Å². The third-order valence-corrected chi connectivity index (χ3v) is 3.92. The standard InChI is InChI=1S/C11H21N.C2H6/c1-2-11(6-5-7-11)10-12-8-3-4-9-12;1-2/h2-10H2,1H3;1-2H3. The highest BCUT2D eigenvalue weighted by Gasteiger charge is 2.36. The topological polar surface area (TPSA) is 3.24 Å². The van der Waals surface area contributed by atoms with Gasteiger partial charge in [0.1, 0.15) is 0 Å². The largest absolute Gasteiger partial charge is 0.303 e. The Bertz CT molecular complexity index is 138. The molecule has 2 fully saturated rings. The number of rotatable bonds is 3.